The predicted octanol–water partition coefficient (Wildman–Crippen LogP) is 8.53. The summed E-state index contributed by atoms with van der Waals surface area (Å²) in [6, 6.07) is 2.59. The van der Waals surface area contributed by atoms with Gasteiger partial charge in [-0.05, 0) is 66.8 Å². The van der Waals surface area contributed by atoms with Crippen LogP contribution in [0.2, 0.25) is 18.1 Å². The van der Waals surface area contributed by atoms with Gasteiger partial charge in [0.1, 0.15) is 11.8 Å². The molecule has 6 rings (SSSR count). The number of alkyl halides is 3. The van der Waals surface area contributed by atoms with Crippen LogP contribution >= 0.6 is 0 Å². The van der Waals surface area contributed by atoms with E-state index in [9.17, 15) is 13.2 Å². The molecule has 224 valence electrons. The molecule has 1 saturated carbocycles. The smallest absolute Gasteiger partial charge is 0.410 e. The Morgan fingerprint density at radius 2 is 1.71 bits per heavy atom. The Kier molecular flexibility index (Phi) is 6.85. The molecule has 0 N–H and O–H groups in total. The molecular formula is C32H43F3N2O3Si. The first-order valence-corrected chi connectivity index (χ1v) is 18.0. The van der Waals surface area contributed by atoms with Gasteiger partial charge in [0.05, 0.1) is 11.7 Å². The number of nitrogens with zero attached hydrogens (tertiary/aromatic N) is 2. The lowest BCUT2D eigenvalue weighted by molar-refractivity contribution is -0.141. The van der Waals surface area contributed by atoms with Crippen molar-refractivity contribution in [3.8, 4) is 0 Å². The van der Waals surface area contributed by atoms with Gasteiger partial charge in [0.15, 0.2) is 8.32 Å². The average Bonchev–Trinajstić information content (AvgIpc) is 3.55. The molecule has 9 heteroatoms. The van der Waals surface area contributed by atoms with Crippen molar-refractivity contribution in [1.29, 1.82) is 0 Å². The number of fused-ring (bicyclic) bond motifs is 4. The molecule has 4 heterocycles. The third kappa shape index (κ3) is 4.98. The third-order valence-corrected chi connectivity index (χ3v) is 14.8. The van der Waals surface area contributed by atoms with Crippen LogP contribution in [0.15, 0.2) is 18.3 Å². The number of hydrogen-bond donors (Lipinski definition) is 0. The van der Waals surface area contributed by atoms with Crippen LogP contribution in [-0.2, 0) is 32.1 Å². The third-order valence-electron chi connectivity index (χ3n) is 10.4. The molecule has 4 aliphatic rings. The van der Waals surface area contributed by atoms with Crippen LogP contribution in [0.5, 0.6) is 0 Å². The molecule has 0 unspecified atom stereocenters. The highest BCUT2D eigenvalue weighted by atomic mass is 28.4. The molecule has 0 amide bonds. The SMILES string of the molecule is CC(C)c1nc2c(c3c1[C@@H](c1ccc(C(F)(F)F)nc1)OC31CCOCC1)[C@@H](O[Si](C)(C)C(C)(C)C)CC1(CC1)C2. The molecular weight excluding hydrogens is 545 g/mol. The van der Waals surface area contributed by atoms with Crippen LogP contribution in [0.25, 0.3) is 0 Å². The van der Waals surface area contributed by atoms with Crippen molar-refractivity contribution in [3.63, 3.8) is 0 Å². The number of aromatic nitrogens is 2. The zero-order chi connectivity index (χ0) is 29.6. The Morgan fingerprint density at radius 3 is 2.24 bits per heavy atom. The zero-order valence-electron chi connectivity index (χ0n) is 25.4. The number of halogens is 3. The minimum atomic E-state index is -4.49. The summed E-state index contributed by atoms with van der Waals surface area (Å²) in [5, 5.41) is 0.0527. The minimum Gasteiger partial charge on any atom is -0.410 e. The van der Waals surface area contributed by atoms with Gasteiger partial charge in [-0.15, -0.1) is 0 Å². The van der Waals surface area contributed by atoms with Gasteiger partial charge in [0, 0.05) is 60.3 Å². The molecule has 2 aromatic rings. The Labute approximate surface area is 242 Å². The van der Waals surface area contributed by atoms with Crippen LogP contribution in [0.1, 0.15) is 124 Å². The van der Waals surface area contributed by atoms with Crippen LogP contribution in [0, 0.1) is 5.41 Å². The molecule has 5 nitrogen and oxygen atoms in total. The van der Waals surface area contributed by atoms with Gasteiger partial charge in [0.2, 0.25) is 0 Å². The van der Waals surface area contributed by atoms with Crippen LogP contribution in [0.3, 0.4) is 0 Å². The Bertz CT molecular complexity index is 1320. The highest BCUT2D eigenvalue weighted by Crippen LogP contribution is 2.63. The molecule has 2 aliphatic heterocycles. The lowest BCUT2D eigenvalue weighted by Gasteiger charge is -2.44. The molecule has 41 heavy (non-hydrogen) atoms. The Morgan fingerprint density at radius 1 is 1.02 bits per heavy atom. The van der Waals surface area contributed by atoms with Gasteiger partial charge < -0.3 is 13.9 Å². The van der Waals surface area contributed by atoms with E-state index in [2.05, 4.69) is 52.7 Å². The van der Waals surface area contributed by atoms with Crippen molar-refractivity contribution < 1.29 is 27.1 Å². The van der Waals surface area contributed by atoms with Crippen molar-refractivity contribution in [2.45, 2.75) is 121 Å². The first kappa shape index (κ1) is 29.3. The van der Waals surface area contributed by atoms with Crippen LogP contribution in [0.4, 0.5) is 13.2 Å². The molecule has 2 fully saturated rings. The van der Waals surface area contributed by atoms with Crippen molar-refractivity contribution >= 4 is 8.32 Å². The molecule has 2 spiro atoms. The highest BCUT2D eigenvalue weighted by molar-refractivity contribution is 6.74. The fourth-order valence-corrected chi connectivity index (χ4v) is 8.12. The monoisotopic (exact) mass is 588 g/mol. The molecule has 0 aromatic carbocycles. The van der Waals surface area contributed by atoms with E-state index in [0.29, 0.717) is 31.6 Å². The van der Waals surface area contributed by atoms with E-state index in [1.807, 2.05) is 0 Å². The molecule has 2 atom stereocenters. The van der Waals surface area contributed by atoms with Crippen LogP contribution < -0.4 is 0 Å². The number of pyridine rings is 2. The van der Waals surface area contributed by atoms with Gasteiger partial charge in [-0.25, -0.2) is 0 Å². The van der Waals surface area contributed by atoms with E-state index in [1.165, 1.54) is 36.2 Å². The largest absolute Gasteiger partial charge is 0.433 e. The van der Waals surface area contributed by atoms with Gasteiger partial charge in [0.25, 0.3) is 0 Å². The van der Waals surface area contributed by atoms with Gasteiger partial charge in [-0.1, -0.05) is 40.7 Å². The molecule has 0 radical (unpaired) electrons. The van der Waals surface area contributed by atoms with Crippen LogP contribution in [-0.4, -0.2) is 31.5 Å². The second-order valence-corrected chi connectivity index (χ2v) is 19.4. The Hall–Kier alpha value is -1.81. The van der Waals surface area contributed by atoms with Gasteiger partial charge in [-0.3, -0.25) is 9.97 Å². The maximum absolute atomic E-state index is 13.4. The van der Waals surface area contributed by atoms with Crippen molar-refractivity contribution in [2.24, 2.45) is 5.41 Å². The summed E-state index contributed by atoms with van der Waals surface area (Å²) < 4.78 is 60.3. The summed E-state index contributed by atoms with van der Waals surface area (Å²) in [7, 11) is -2.14. The first-order chi connectivity index (χ1) is 19.1. The lowest BCUT2D eigenvalue weighted by atomic mass is 9.73. The summed E-state index contributed by atoms with van der Waals surface area (Å²) in [5.74, 6) is 0.120. The molecule has 2 aromatic heterocycles. The summed E-state index contributed by atoms with van der Waals surface area (Å²) in [6.07, 6.45) is 1.95. The van der Waals surface area contributed by atoms with Gasteiger partial charge in [-0.2, -0.15) is 13.2 Å². The van der Waals surface area contributed by atoms with Crippen molar-refractivity contribution in [3.05, 3.63) is 57.7 Å². The normalized spacial score (nSPS) is 25.0. The van der Waals surface area contributed by atoms with E-state index in [-0.39, 0.29) is 22.5 Å². The lowest BCUT2D eigenvalue weighted by Crippen LogP contribution is -2.44. The maximum Gasteiger partial charge on any atom is 0.433 e. The Balaban J connectivity index is 1.57. The summed E-state index contributed by atoms with van der Waals surface area (Å²) in [5.41, 5.74) is 4.90. The van der Waals surface area contributed by atoms with E-state index in [0.717, 1.165) is 35.9 Å². The number of hydrogen-bond acceptors (Lipinski definition) is 5. The zero-order valence-corrected chi connectivity index (χ0v) is 26.4. The molecule has 0 bridgehead atoms. The summed E-state index contributed by atoms with van der Waals surface area (Å²) in [4.78, 5) is 9.21. The fourth-order valence-electron chi connectivity index (χ4n) is 6.85. The van der Waals surface area contributed by atoms with Gasteiger partial charge >= 0.3 is 6.18 Å². The van der Waals surface area contributed by atoms with E-state index in [1.54, 1.807) is 0 Å². The quantitative estimate of drug-likeness (QED) is 0.335. The average molecular weight is 589 g/mol. The molecule has 2 aliphatic carbocycles. The maximum atomic E-state index is 13.4. The summed E-state index contributed by atoms with van der Waals surface area (Å²) in [6.45, 7) is 16.9. The second-order valence-electron chi connectivity index (χ2n) is 14.6. The number of ether oxygens (including phenoxy) is 2. The standard InChI is InChI=1S/C32H43F3N2O3Si/c1-19(2)27-25-26(24-21(37-27)16-30(10-11-30)17-22(24)40-41(6,7)29(3,4)5)31(12-14-38-15-13-31)39-28(25)20-8-9-23(36-18-20)32(33,34)35/h8-9,18-19,22,28H,10-17H2,1-7H3/t22-,28+/m0/s1. The fraction of sp³-hybridized carbons (Fsp3) is 0.688. The molecule has 1 saturated heterocycles. The summed E-state index contributed by atoms with van der Waals surface area (Å²) >= 11 is 0. The van der Waals surface area contributed by atoms with E-state index >= 15 is 0 Å². The topological polar surface area (TPSA) is 53.5 Å². The highest BCUT2D eigenvalue weighted by Gasteiger charge is 2.56. The van der Waals surface area contributed by atoms with E-state index < -0.39 is 31.9 Å². The van der Waals surface area contributed by atoms with Crippen molar-refractivity contribution in [2.75, 3.05) is 13.2 Å². The minimum absolute atomic E-state index is 0.0527. The van der Waals surface area contributed by atoms with Crippen molar-refractivity contribution in [1.82, 2.24) is 9.97 Å². The predicted molar refractivity (Wildman–Crippen MR) is 153 cm³/mol. The van der Waals surface area contributed by atoms with E-state index in [4.69, 9.17) is 18.9 Å². The first-order valence-electron chi connectivity index (χ1n) is 15.1. The number of rotatable bonds is 4. The second kappa shape index (κ2) is 9.59.